The SMILES string of the molecule is CC[C@H](C(=O)c1ccccc1)N(C(=O)c1ccc(Cl)cc1Cl)N1C(=O)[C@H]2C[C@@H](Br)[C@@H](Br)C[C@H]2C1=O. The first-order valence-corrected chi connectivity index (χ1v) is 13.8. The number of hydrazine groups is 1. The number of alkyl halides is 2. The summed E-state index contributed by atoms with van der Waals surface area (Å²) in [5.74, 6) is -3.22. The average Bonchev–Trinajstić information content (AvgIpc) is 3.06. The molecule has 2 aromatic carbocycles. The van der Waals surface area contributed by atoms with Gasteiger partial charge in [0.25, 0.3) is 17.7 Å². The van der Waals surface area contributed by atoms with Crippen molar-refractivity contribution in [2.24, 2.45) is 11.8 Å². The molecule has 6 nitrogen and oxygen atoms in total. The fraction of sp³-hybridized carbons (Fsp3) is 0.360. The Labute approximate surface area is 230 Å². The molecule has 2 fully saturated rings. The molecular formula is C25H22Br2Cl2N2O4. The molecule has 0 spiro atoms. The van der Waals surface area contributed by atoms with Crippen LogP contribution in [-0.4, -0.2) is 49.2 Å². The maximum absolute atomic E-state index is 13.9. The van der Waals surface area contributed by atoms with E-state index < -0.39 is 35.6 Å². The zero-order valence-corrected chi connectivity index (χ0v) is 23.4. The summed E-state index contributed by atoms with van der Waals surface area (Å²) in [7, 11) is 0. The van der Waals surface area contributed by atoms with Crippen LogP contribution in [0, 0.1) is 11.8 Å². The molecule has 5 atom stereocenters. The van der Waals surface area contributed by atoms with Crippen LogP contribution in [0.4, 0.5) is 0 Å². The van der Waals surface area contributed by atoms with Crippen molar-refractivity contribution in [2.75, 3.05) is 0 Å². The normalized spacial score (nSPS) is 24.8. The topological polar surface area (TPSA) is 74.8 Å². The van der Waals surface area contributed by atoms with Gasteiger partial charge in [0.2, 0.25) is 0 Å². The van der Waals surface area contributed by atoms with E-state index in [1.807, 2.05) is 0 Å². The molecule has 4 rings (SSSR count). The minimum Gasteiger partial charge on any atom is -0.292 e. The molecule has 10 heteroatoms. The number of fused-ring (bicyclic) bond motifs is 1. The lowest BCUT2D eigenvalue weighted by Crippen LogP contribution is -2.57. The molecule has 0 bridgehead atoms. The first kappa shape index (κ1) is 26.3. The predicted octanol–water partition coefficient (Wildman–Crippen LogP) is 5.93. The Balaban J connectivity index is 1.81. The highest BCUT2D eigenvalue weighted by Gasteiger charge is 2.56. The van der Waals surface area contributed by atoms with E-state index in [0.717, 1.165) is 10.0 Å². The Hall–Kier alpha value is -1.74. The van der Waals surface area contributed by atoms with Crippen LogP contribution in [0.15, 0.2) is 48.5 Å². The van der Waals surface area contributed by atoms with Crippen molar-refractivity contribution in [3.05, 3.63) is 69.7 Å². The lowest BCUT2D eigenvalue weighted by Gasteiger charge is -2.36. The van der Waals surface area contributed by atoms with Gasteiger partial charge in [-0.15, -0.1) is 0 Å². The lowest BCUT2D eigenvalue weighted by atomic mass is 9.81. The van der Waals surface area contributed by atoms with Crippen LogP contribution >= 0.6 is 55.1 Å². The minimum absolute atomic E-state index is 0.00299. The number of carbonyl (C=O) groups excluding carboxylic acids is 4. The highest BCUT2D eigenvalue weighted by Crippen LogP contribution is 2.44. The van der Waals surface area contributed by atoms with Gasteiger partial charge in [0.15, 0.2) is 5.78 Å². The van der Waals surface area contributed by atoms with Crippen molar-refractivity contribution < 1.29 is 19.2 Å². The van der Waals surface area contributed by atoms with Gasteiger partial charge < -0.3 is 0 Å². The Morgan fingerprint density at radius 3 is 2.09 bits per heavy atom. The summed E-state index contributed by atoms with van der Waals surface area (Å²) in [6.45, 7) is 1.73. The smallest absolute Gasteiger partial charge is 0.275 e. The summed E-state index contributed by atoms with van der Waals surface area (Å²) in [4.78, 5) is 54.7. The Kier molecular flexibility index (Phi) is 8.05. The molecule has 1 saturated heterocycles. The van der Waals surface area contributed by atoms with Gasteiger partial charge in [-0.05, 0) is 37.5 Å². The number of rotatable bonds is 6. The van der Waals surface area contributed by atoms with Gasteiger partial charge in [0, 0.05) is 20.2 Å². The average molecular weight is 645 g/mol. The van der Waals surface area contributed by atoms with E-state index >= 15 is 0 Å². The largest absolute Gasteiger partial charge is 0.292 e. The highest BCUT2D eigenvalue weighted by molar-refractivity contribution is 9.12. The number of hydrogen-bond acceptors (Lipinski definition) is 4. The van der Waals surface area contributed by atoms with Gasteiger partial charge in [-0.1, -0.05) is 92.3 Å². The molecule has 1 aliphatic carbocycles. The maximum Gasteiger partial charge on any atom is 0.275 e. The van der Waals surface area contributed by atoms with Gasteiger partial charge in [-0.3, -0.25) is 19.2 Å². The Morgan fingerprint density at radius 1 is 1.00 bits per heavy atom. The summed E-state index contributed by atoms with van der Waals surface area (Å²) in [5, 5.41) is 2.30. The molecule has 0 aromatic heterocycles. The summed E-state index contributed by atoms with van der Waals surface area (Å²) in [6.07, 6.45) is 1.06. The quantitative estimate of drug-likeness (QED) is 0.222. The van der Waals surface area contributed by atoms with Crippen LogP contribution in [0.5, 0.6) is 0 Å². The number of ketones is 1. The summed E-state index contributed by atoms with van der Waals surface area (Å²) >= 11 is 19.5. The third kappa shape index (κ3) is 4.95. The minimum atomic E-state index is -1.09. The van der Waals surface area contributed by atoms with Crippen LogP contribution in [0.1, 0.15) is 46.9 Å². The first-order valence-electron chi connectivity index (χ1n) is 11.2. The summed E-state index contributed by atoms with van der Waals surface area (Å²) < 4.78 is 0. The van der Waals surface area contributed by atoms with Crippen LogP contribution in [-0.2, 0) is 9.59 Å². The van der Waals surface area contributed by atoms with E-state index in [1.165, 1.54) is 18.2 Å². The zero-order chi connectivity index (χ0) is 25.4. The standard InChI is InChI=1S/C25H22Br2Cl2N2O4/c1-2-21(22(32)13-6-4-3-5-7-13)30(23(33)15-9-8-14(28)10-20(15)29)31-24(34)16-11-18(26)19(27)12-17(16)25(31)35/h3-10,16-19,21H,2,11-12H2,1H3/t16-,17+,18+,19-,21-/m1/s1. The van der Waals surface area contributed by atoms with Crippen molar-refractivity contribution in [1.82, 2.24) is 10.0 Å². The number of benzene rings is 2. The van der Waals surface area contributed by atoms with E-state index in [1.54, 1.807) is 37.3 Å². The van der Waals surface area contributed by atoms with E-state index in [2.05, 4.69) is 31.9 Å². The lowest BCUT2D eigenvalue weighted by molar-refractivity contribution is -0.156. The van der Waals surface area contributed by atoms with E-state index in [0.29, 0.717) is 23.4 Å². The van der Waals surface area contributed by atoms with Crippen molar-refractivity contribution in [3.63, 3.8) is 0 Å². The molecule has 1 saturated carbocycles. The number of hydrogen-bond donors (Lipinski definition) is 0. The van der Waals surface area contributed by atoms with Crippen LogP contribution in [0.25, 0.3) is 0 Å². The van der Waals surface area contributed by atoms with Crippen molar-refractivity contribution in [2.45, 2.75) is 41.9 Å². The molecule has 0 N–H and O–H groups in total. The monoisotopic (exact) mass is 642 g/mol. The second kappa shape index (κ2) is 10.7. The Morgan fingerprint density at radius 2 is 1.57 bits per heavy atom. The van der Waals surface area contributed by atoms with Crippen molar-refractivity contribution in [1.29, 1.82) is 0 Å². The predicted molar refractivity (Wildman–Crippen MR) is 141 cm³/mol. The molecule has 1 heterocycles. The number of carbonyl (C=O) groups is 4. The summed E-state index contributed by atoms with van der Waals surface area (Å²) in [5.41, 5.74) is 0.416. The fourth-order valence-electron chi connectivity index (χ4n) is 4.71. The molecular weight excluding hydrogens is 623 g/mol. The van der Waals surface area contributed by atoms with E-state index in [-0.39, 0.29) is 32.4 Å². The first-order chi connectivity index (χ1) is 16.6. The zero-order valence-electron chi connectivity index (χ0n) is 18.7. The van der Waals surface area contributed by atoms with Gasteiger partial charge in [-0.25, -0.2) is 5.01 Å². The highest BCUT2D eigenvalue weighted by atomic mass is 79.9. The molecule has 1 aliphatic heterocycles. The number of imide groups is 1. The third-order valence-electron chi connectivity index (χ3n) is 6.52. The van der Waals surface area contributed by atoms with Gasteiger partial charge in [0.1, 0.15) is 6.04 Å². The van der Waals surface area contributed by atoms with Gasteiger partial charge in [-0.2, -0.15) is 5.01 Å². The molecule has 0 unspecified atom stereocenters. The van der Waals surface area contributed by atoms with Gasteiger partial charge >= 0.3 is 0 Å². The molecule has 2 aromatic rings. The second-order valence-corrected chi connectivity index (χ2v) is 11.8. The van der Waals surface area contributed by atoms with E-state index in [9.17, 15) is 19.2 Å². The van der Waals surface area contributed by atoms with Crippen molar-refractivity contribution >= 4 is 78.6 Å². The Bertz CT molecular complexity index is 1150. The molecule has 0 radical (unpaired) electrons. The fourth-order valence-corrected chi connectivity index (χ4v) is 6.44. The molecule has 184 valence electrons. The number of Topliss-reactive ketones (excluding diaryl/α,β-unsaturated/α-hetero) is 1. The summed E-state index contributed by atoms with van der Waals surface area (Å²) in [6, 6.07) is 11.7. The van der Waals surface area contributed by atoms with Crippen LogP contribution < -0.4 is 0 Å². The van der Waals surface area contributed by atoms with Gasteiger partial charge in [0.05, 0.1) is 22.4 Å². The van der Waals surface area contributed by atoms with Crippen LogP contribution in [0.3, 0.4) is 0 Å². The maximum atomic E-state index is 13.9. The molecule has 3 amide bonds. The molecule has 35 heavy (non-hydrogen) atoms. The number of amides is 3. The third-order valence-corrected chi connectivity index (χ3v) is 9.80. The second-order valence-electron chi connectivity index (χ2n) is 8.63. The number of nitrogens with zero attached hydrogens (tertiary/aromatic N) is 2. The number of halogens is 4. The van der Waals surface area contributed by atoms with Crippen LogP contribution in [0.2, 0.25) is 10.0 Å². The molecule has 2 aliphatic rings. The van der Waals surface area contributed by atoms with Crippen molar-refractivity contribution in [3.8, 4) is 0 Å². The van der Waals surface area contributed by atoms with E-state index in [4.69, 9.17) is 23.2 Å².